The summed E-state index contributed by atoms with van der Waals surface area (Å²) in [4.78, 5) is 0. The van der Waals surface area contributed by atoms with Crippen LogP contribution in [0.1, 0.15) is 41.2 Å². The standard InChI is InChI=1S/C9H14INO/c1-4-7(10)9-6(3)8(5-2)12-11-9/h7H,4-5H2,1-3H3. The molecule has 1 heterocycles. The molecule has 0 fully saturated rings. The highest BCUT2D eigenvalue weighted by molar-refractivity contribution is 14.1. The van der Waals surface area contributed by atoms with Crippen molar-refractivity contribution in [2.24, 2.45) is 0 Å². The number of aryl methyl sites for hydroxylation is 1. The fourth-order valence-electron chi connectivity index (χ4n) is 1.20. The molecule has 0 radical (unpaired) electrons. The van der Waals surface area contributed by atoms with E-state index < -0.39 is 0 Å². The number of hydrogen-bond acceptors (Lipinski definition) is 2. The summed E-state index contributed by atoms with van der Waals surface area (Å²) < 4.78 is 5.71. The number of aromatic nitrogens is 1. The summed E-state index contributed by atoms with van der Waals surface area (Å²) in [5.74, 6) is 1.03. The second kappa shape index (κ2) is 4.25. The lowest BCUT2D eigenvalue weighted by Crippen LogP contribution is -1.90. The fraction of sp³-hybridized carbons (Fsp3) is 0.667. The fourth-order valence-corrected chi connectivity index (χ4v) is 1.78. The van der Waals surface area contributed by atoms with Crippen molar-refractivity contribution in [2.75, 3.05) is 0 Å². The van der Waals surface area contributed by atoms with E-state index in [0.717, 1.165) is 24.3 Å². The predicted molar refractivity (Wildman–Crippen MR) is 57.7 cm³/mol. The lowest BCUT2D eigenvalue weighted by molar-refractivity contribution is 0.380. The summed E-state index contributed by atoms with van der Waals surface area (Å²) in [6.07, 6.45) is 2.04. The molecule has 1 unspecified atom stereocenters. The maximum Gasteiger partial charge on any atom is 0.139 e. The van der Waals surface area contributed by atoms with Crippen molar-refractivity contribution >= 4 is 22.6 Å². The SMILES string of the molecule is CCc1onc(C(I)CC)c1C. The first kappa shape index (κ1) is 10.0. The molecule has 0 aliphatic rings. The Morgan fingerprint density at radius 3 is 2.58 bits per heavy atom. The predicted octanol–water partition coefficient (Wildman–Crippen LogP) is 3.43. The number of hydrogen-bond donors (Lipinski definition) is 0. The molecule has 1 rings (SSSR count). The van der Waals surface area contributed by atoms with Crippen LogP contribution in [-0.4, -0.2) is 5.16 Å². The number of nitrogens with zero attached hydrogens (tertiary/aromatic N) is 1. The molecule has 12 heavy (non-hydrogen) atoms. The van der Waals surface area contributed by atoms with Crippen molar-refractivity contribution in [1.29, 1.82) is 0 Å². The van der Waals surface area contributed by atoms with E-state index in [2.05, 4.69) is 48.5 Å². The van der Waals surface area contributed by atoms with E-state index in [-0.39, 0.29) is 0 Å². The number of rotatable bonds is 3. The van der Waals surface area contributed by atoms with E-state index in [1.54, 1.807) is 0 Å². The molecular formula is C9H14INO. The Kier molecular flexibility index (Phi) is 3.55. The zero-order valence-corrected chi connectivity index (χ0v) is 9.88. The molecule has 0 N–H and O–H groups in total. The van der Waals surface area contributed by atoms with E-state index in [1.165, 1.54) is 5.56 Å². The Morgan fingerprint density at radius 1 is 1.50 bits per heavy atom. The lowest BCUT2D eigenvalue weighted by atomic mass is 10.1. The lowest BCUT2D eigenvalue weighted by Gasteiger charge is -2.01. The molecule has 0 aliphatic heterocycles. The third-order valence-electron chi connectivity index (χ3n) is 2.03. The highest BCUT2D eigenvalue weighted by Gasteiger charge is 2.15. The van der Waals surface area contributed by atoms with Crippen LogP contribution < -0.4 is 0 Å². The van der Waals surface area contributed by atoms with Crippen LogP contribution in [0, 0.1) is 6.92 Å². The number of alkyl halides is 1. The van der Waals surface area contributed by atoms with Gasteiger partial charge in [-0.1, -0.05) is 41.6 Å². The Balaban J connectivity index is 2.93. The van der Waals surface area contributed by atoms with Crippen LogP contribution in [-0.2, 0) is 6.42 Å². The molecule has 1 atom stereocenters. The van der Waals surface area contributed by atoms with Gasteiger partial charge in [-0.2, -0.15) is 0 Å². The molecule has 3 heteroatoms. The average Bonchev–Trinajstić information content (AvgIpc) is 2.45. The highest BCUT2D eigenvalue weighted by atomic mass is 127. The maximum atomic E-state index is 5.21. The molecule has 0 saturated heterocycles. The van der Waals surface area contributed by atoms with Gasteiger partial charge in [-0.15, -0.1) is 0 Å². The van der Waals surface area contributed by atoms with Gasteiger partial charge < -0.3 is 4.52 Å². The van der Waals surface area contributed by atoms with E-state index in [9.17, 15) is 0 Å². The van der Waals surface area contributed by atoms with E-state index in [4.69, 9.17) is 4.52 Å². The van der Waals surface area contributed by atoms with Gasteiger partial charge in [-0.05, 0) is 13.3 Å². The van der Waals surface area contributed by atoms with Gasteiger partial charge in [0.15, 0.2) is 0 Å². The summed E-state index contributed by atoms with van der Waals surface area (Å²) in [5, 5.41) is 4.07. The molecule has 0 amide bonds. The zero-order chi connectivity index (χ0) is 9.14. The van der Waals surface area contributed by atoms with Crippen LogP contribution in [0.2, 0.25) is 0 Å². The van der Waals surface area contributed by atoms with Crippen molar-refractivity contribution in [3.05, 3.63) is 17.0 Å². The molecule has 68 valence electrons. The molecule has 1 aromatic heterocycles. The Bertz CT molecular complexity index is 257. The van der Waals surface area contributed by atoms with Crippen molar-refractivity contribution < 1.29 is 4.52 Å². The van der Waals surface area contributed by atoms with Crippen LogP contribution >= 0.6 is 22.6 Å². The monoisotopic (exact) mass is 279 g/mol. The summed E-state index contributed by atoms with van der Waals surface area (Å²) >= 11 is 2.40. The molecule has 0 aromatic carbocycles. The van der Waals surface area contributed by atoms with Crippen molar-refractivity contribution in [1.82, 2.24) is 5.16 Å². The van der Waals surface area contributed by atoms with E-state index in [0.29, 0.717) is 3.92 Å². The summed E-state index contributed by atoms with van der Waals surface area (Å²) in [6.45, 7) is 6.34. The van der Waals surface area contributed by atoms with Crippen molar-refractivity contribution in [3.63, 3.8) is 0 Å². The van der Waals surface area contributed by atoms with Gasteiger partial charge in [0.1, 0.15) is 5.76 Å². The van der Waals surface area contributed by atoms with Crippen LogP contribution in [0.5, 0.6) is 0 Å². The summed E-state index contributed by atoms with van der Waals surface area (Å²) in [6, 6.07) is 0. The first-order valence-corrected chi connectivity index (χ1v) is 5.54. The minimum atomic E-state index is 0.492. The topological polar surface area (TPSA) is 26.0 Å². The van der Waals surface area contributed by atoms with E-state index >= 15 is 0 Å². The second-order valence-electron chi connectivity index (χ2n) is 2.85. The average molecular weight is 279 g/mol. The van der Waals surface area contributed by atoms with Gasteiger partial charge in [-0.25, -0.2) is 0 Å². The Labute approximate surface area is 86.8 Å². The number of halogens is 1. The zero-order valence-electron chi connectivity index (χ0n) is 7.72. The summed E-state index contributed by atoms with van der Waals surface area (Å²) in [5.41, 5.74) is 2.36. The van der Waals surface area contributed by atoms with Gasteiger partial charge in [-0.3, -0.25) is 0 Å². The first-order chi connectivity index (χ1) is 5.70. The molecule has 2 nitrogen and oxygen atoms in total. The largest absolute Gasteiger partial charge is 0.361 e. The maximum absolute atomic E-state index is 5.21. The first-order valence-electron chi connectivity index (χ1n) is 4.29. The molecule has 1 aromatic rings. The minimum Gasteiger partial charge on any atom is -0.361 e. The van der Waals surface area contributed by atoms with Gasteiger partial charge in [0.2, 0.25) is 0 Å². The molecule has 0 saturated carbocycles. The third kappa shape index (κ3) is 1.81. The van der Waals surface area contributed by atoms with Gasteiger partial charge in [0.25, 0.3) is 0 Å². The van der Waals surface area contributed by atoms with Crippen molar-refractivity contribution in [2.45, 2.75) is 37.5 Å². The van der Waals surface area contributed by atoms with Gasteiger partial charge >= 0.3 is 0 Å². The quantitative estimate of drug-likeness (QED) is 0.625. The molecule has 0 bridgehead atoms. The van der Waals surface area contributed by atoms with Crippen LogP contribution in [0.3, 0.4) is 0 Å². The van der Waals surface area contributed by atoms with Gasteiger partial charge in [0, 0.05) is 12.0 Å². The Morgan fingerprint density at radius 2 is 2.17 bits per heavy atom. The third-order valence-corrected chi connectivity index (χ3v) is 3.50. The smallest absolute Gasteiger partial charge is 0.139 e. The van der Waals surface area contributed by atoms with Gasteiger partial charge in [0.05, 0.1) is 9.62 Å². The van der Waals surface area contributed by atoms with Crippen molar-refractivity contribution in [3.8, 4) is 0 Å². The van der Waals surface area contributed by atoms with E-state index in [1.807, 2.05) is 0 Å². The Hall–Kier alpha value is -0.0600. The normalized spacial score (nSPS) is 13.3. The summed E-state index contributed by atoms with van der Waals surface area (Å²) in [7, 11) is 0. The van der Waals surface area contributed by atoms with Crippen LogP contribution in [0.4, 0.5) is 0 Å². The molecule has 0 spiro atoms. The molecule has 0 aliphatic carbocycles. The second-order valence-corrected chi connectivity index (χ2v) is 4.35. The highest BCUT2D eigenvalue weighted by Crippen LogP contribution is 2.29. The molecular weight excluding hydrogens is 265 g/mol. The van der Waals surface area contributed by atoms with Crippen LogP contribution in [0.25, 0.3) is 0 Å². The van der Waals surface area contributed by atoms with Crippen LogP contribution in [0.15, 0.2) is 4.52 Å². The minimum absolute atomic E-state index is 0.492.